The van der Waals surface area contributed by atoms with Crippen molar-refractivity contribution in [2.45, 2.75) is 51.5 Å². The van der Waals surface area contributed by atoms with E-state index < -0.39 is 0 Å². The molecule has 100 valence electrons. The number of nitrogens with two attached hydrogens (primary N) is 1. The van der Waals surface area contributed by atoms with Crippen molar-refractivity contribution in [2.24, 2.45) is 5.73 Å². The molecule has 0 spiro atoms. The minimum atomic E-state index is 0.189. The molecule has 1 saturated heterocycles. The summed E-state index contributed by atoms with van der Waals surface area (Å²) in [6, 6.07) is 0.273. The number of rotatable bonds is 8. The Morgan fingerprint density at radius 2 is 2.00 bits per heavy atom. The lowest BCUT2D eigenvalue weighted by molar-refractivity contribution is -0.121. The van der Waals surface area contributed by atoms with Crippen LogP contribution in [-0.4, -0.2) is 43.0 Å². The van der Waals surface area contributed by atoms with E-state index in [1.807, 2.05) is 0 Å². The van der Waals surface area contributed by atoms with Gasteiger partial charge in [0.2, 0.25) is 5.91 Å². The van der Waals surface area contributed by atoms with Gasteiger partial charge in [0.25, 0.3) is 0 Å². The SMILES string of the molecule is CC(CN1CCCC1)NC(=O)CCCCCN. The first-order chi connectivity index (χ1) is 8.22. The maximum Gasteiger partial charge on any atom is 0.220 e. The predicted octanol–water partition coefficient (Wildman–Crippen LogP) is 1.11. The first kappa shape index (κ1) is 14.5. The summed E-state index contributed by atoms with van der Waals surface area (Å²) in [6.07, 6.45) is 6.30. The Kier molecular flexibility index (Phi) is 7.21. The van der Waals surface area contributed by atoms with E-state index in [0.717, 1.165) is 32.4 Å². The molecule has 1 unspecified atom stereocenters. The Morgan fingerprint density at radius 3 is 2.65 bits per heavy atom. The highest BCUT2D eigenvalue weighted by Crippen LogP contribution is 2.07. The molecule has 0 saturated carbocycles. The van der Waals surface area contributed by atoms with Gasteiger partial charge in [-0.15, -0.1) is 0 Å². The van der Waals surface area contributed by atoms with Gasteiger partial charge >= 0.3 is 0 Å². The van der Waals surface area contributed by atoms with Crippen LogP contribution in [0.1, 0.15) is 45.4 Å². The number of nitrogens with one attached hydrogen (secondary N) is 1. The molecule has 1 amide bonds. The van der Waals surface area contributed by atoms with E-state index in [-0.39, 0.29) is 11.9 Å². The number of unbranched alkanes of at least 4 members (excludes halogenated alkanes) is 2. The van der Waals surface area contributed by atoms with Crippen LogP contribution < -0.4 is 11.1 Å². The molecule has 0 aromatic rings. The van der Waals surface area contributed by atoms with Gasteiger partial charge in [-0.2, -0.15) is 0 Å². The normalized spacial score (nSPS) is 18.2. The van der Waals surface area contributed by atoms with Crippen LogP contribution in [0.5, 0.6) is 0 Å². The van der Waals surface area contributed by atoms with Crippen LogP contribution >= 0.6 is 0 Å². The zero-order valence-electron chi connectivity index (χ0n) is 11.1. The van der Waals surface area contributed by atoms with Gasteiger partial charge in [-0.25, -0.2) is 0 Å². The van der Waals surface area contributed by atoms with Crippen molar-refractivity contribution in [3.63, 3.8) is 0 Å². The zero-order chi connectivity index (χ0) is 12.5. The summed E-state index contributed by atoms with van der Waals surface area (Å²) in [6.45, 7) is 6.20. The molecule has 1 aliphatic heterocycles. The lowest BCUT2D eigenvalue weighted by atomic mass is 10.2. The molecule has 1 rings (SSSR count). The second-order valence-corrected chi connectivity index (χ2v) is 5.08. The van der Waals surface area contributed by atoms with Crippen molar-refractivity contribution in [3.05, 3.63) is 0 Å². The number of likely N-dealkylation sites (tertiary alicyclic amines) is 1. The fourth-order valence-corrected chi connectivity index (χ4v) is 2.35. The molecule has 0 bridgehead atoms. The monoisotopic (exact) mass is 241 g/mol. The van der Waals surface area contributed by atoms with Crippen LogP contribution in [0.15, 0.2) is 0 Å². The van der Waals surface area contributed by atoms with E-state index in [4.69, 9.17) is 5.73 Å². The molecule has 0 aliphatic carbocycles. The molecule has 4 heteroatoms. The Balaban J connectivity index is 2.03. The maximum absolute atomic E-state index is 11.6. The van der Waals surface area contributed by atoms with Crippen molar-refractivity contribution >= 4 is 5.91 Å². The van der Waals surface area contributed by atoms with Crippen molar-refractivity contribution in [3.8, 4) is 0 Å². The van der Waals surface area contributed by atoms with Crippen LogP contribution in [0.25, 0.3) is 0 Å². The molecular weight excluding hydrogens is 214 g/mol. The van der Waals surface area contributed by atoms with E-state index in [0.29, 0.717) is 6.42 Å². The van der Waals surface area contributed by atoms with Crippen molar-refractivity contribution in [2.75, 3.05) is 26.2 Å². The average Bonchev–Trinajstić information content (AvgIpc) is 2.77. The Morgan fingerprint density at radius 1 is 1.29 bits per heavy atom. The quantitative estimate of drug-likeness (QED) is 0.626. The minimum Gasteiger partial charge on any atom is -0.352 e. The number of nitrogens with zero attached hydrogens (tertiary/aromatic N) is 1. The Labute approximate surface area is 105 Å². The number of carbonyl (C=O) groups is 1. The van der Waals surface area contributed by atoms with Gasteiger partial charge in [0.1, 0.15) is 0 Å². The maximum atomic E-state index is 11.6. The van der Waals surface area contributed by atoms with Crippen molar-refractivity contribution in [1.29, 1.82) is 0 Å². The van der Waals surface area contributed by atoms with E-state index in [2.05, 4.69) is 17.1 Å². The summed E-state index contributed by atoms with van der Waals surface area (Å²) < 4.78 is 0. The van der Waals surface area contributed by atoms with Gasteiger partial charge in [-0.05, 0) is 52.2 Å². The molecule has 17 heavy (non-hydrogen) atoms. The zero-order valence-corrected chi connectivity index (χ0v) is 11.1. The fraction of sp³-hybridized carbons (Fsp3) is 0.923. The van der Waals surface area contributed by atoms with Crippen molar-refractivity contribution < 1.29 is 4.79 Å². The first-order valence-electron chi connectivity index (χ1n) is 6.94. The van der Waals surface area contributed by atoms with E-state index in [1.165, 1.54) is 25.9 Å². The van der Waals surface area contributed by atoms with E-state index in [9.17, 15) is 4.79 Å². The topological polar surface area (TPSA) is 58.4 Å². The third-order valence-corrected chi connectivity index (χ3v) is 3.25. The van der Waals surface area contributed by atoms with Crippen LogP contribution in [0, 0.1) is 0 Å². The summed E-state index contributed by atoms with van der Waals surface area (Å²) in [4.78, 5) is 14.1. The Bertz CT molecular complexity index is 215. The lowest BCUT2D eigenvalue weighted by Gasteiger charge is -2.21. The summed E-state index contributed by atoms with van der Waals surface area (Å²) >= 11 is 0. The van der Waals surface area contributed by atoms with Gasteiger partial charge < -0.3 is 16.0 Å². The third-order valence-electron chi connectivity index (χ3n) is 3.25. The van der Waals surface area contributed by atoms with Gasteiger partial charge in [-0.3, -0.25) is 4.79 Å². The lowest BCUT2D eigenvalue weighted by Crippen LogP contribution is -2.40. The molecule has 1 heterocycles. The Hall–Kier alpha value is -0.610. The third kappa shape index (κ3) is 6.64. The summed E-state index contributed by atoms with van der Waals surface area (Å²) in [5.41, 5.74) is 5.41. The van der Waals surface area contributed by atoms with Crippen molar-refractivity contribution in [1.82, 2.24) is 10.2 Å². The molecule has 0 aromatic carbocycles. The van der Waals surface area contributed by atoms with Crippen LogP contribution in [0.2, 0.25) is 0 Å². The first-order valence-corrected chi connectivity index (χ1v) is 6.94. The molecule has 1 fully saturated rings. The molecule has 0 aromatic heterocycles. The highest BCUT2D eigenvalue weighted by Gasteiger charge is 2.15. The van der Waals surface area contributed by atoms with Crippen LogP contribution in [0.4, 0.5) is 0 Å². The minimum absolute atomic E-state index is 0.189. The van der Waals surface area contributed by atoms with Crippen LogP contribution in [0.3, 0.4) is 0 Å². The largest absolute Gasteiger partial charge is 0.352 e. The van der Waals surface area contributed by atoms with Gasteiger partial charge in [-0.1, -0.05) is 6.42 Å². The summed E-state index contributed by atoms with van der Waals surface area (Å²) in [7, 11) is 0. The van der Waals surface area contributed by atoms with E-state index >= 15 is 0 Å². The van der Waals surface area contributed by atoms with E-state index in [1.54, 1.807) is 0 Å². The molecule has 1 aliphatic rings. The second kappa shape index (κ2) is 8.48. The summed E-state index contributed by atoms with van der Waals surface area (Å²) in [5.74, 6) is 0.189. The molecule has 3 N–H and O–H groups in total. The highest BCUT2D eigenvalue weighted by molar-refractivity contribution is 5.76. The predicted molar refractivity (Wildman–Crippen MR) is 70.8 cm³/mol. The van der Waals surface area contributed by atoms with Gasteiger partial charge in [0.15, 0.2) is 0 Å². The standard InChI is InChI=1S/C13H27N3O/c1-12(11-16-9-5-6-10-16)15-13(17)7-3-2-4-8-14/h12H,2-11,14H2,1H3,(H,15,17). The molecule has 4 nitrogen and oxygen atoms in total. The smallest absolute Gasteiger partial charge is 0.220 e. The molecule has 1 atom stereocenters. The van der Waals surface area contributed by atoms with Gasteiger partial charge in [0.05, 0.1) is 0 Å². The molecule has 0 radical (unpaired) electrons. The number of hydrogen-bond donors (Lipinski definition) is 2. The fourth-order valence-electron chi connectivity index (χ4n) is 2.35. The molecular formula is C13H27N3O. The number of amides is 1. The van der Waals surface area contributed by atoms with Crippen LogP contribution in [-0.2, 0) is 4.79 Å². The number of carbonyl (C=O) groups excluding carboxylic acids is 1. The summed E-state index contributed by atoms with van der Waals surface area (Å²) in [5, 5.41) is 3.07. The average molecular weight is 241 g/mol. The van der Waals surface area contributed by atoms with Gasteiger partial charge in [0, 0.05) is 19.0 Å². The number of hydrogen-bond acceptors (Lipinski definition) is 3. The highest BCUT2D eigenvalue weighted by atomic mass is 16.1. The second-order valence-electron chi connectivity index (χ2n) is 5.08.